The molecular formula is C14H22ClN3O2. The molecule has 1 aliphatic heterocycles. The number of likely N-dealkylation sites (tertiary alicyclic amines) is 1. The monoisotopic (exact) mass is 299 g/mol. The molecule has 2 heterocycles. The lowest BCUT2D eigenvalue weighted by atomic mass is 10.0. The quantitative estimate of drug-likeness (QED) is 0.800. The Morgan fingerprint density at radius 1 is 1.50 bits per heavy atom. The van der Waals surface area contributed by atoms with Crippen LogP contribution < -0.4 is 0 Å². The molecule has 0 aromatic carbocycles. The second kappa shape index (κ2) is 6.59. The molecule has 0 saturated carbocycles. The Bertz CT molecular complexity index is 487. The van der Waals surface area contributed by atoms with E-state index in [0.29, 0.717) is 6.54 Å². The molecule has 1 saturated heterocycles. The van der Waals surface area contributed by atoms with E-state index in [4.69, 9.17) is 16.3 Å². The molecule has 1 atom stereocenters. The summed E-state index contributed by atoms with van der Waals surface area (Å²) in [4.78, 5) is 14.0. The molecule has 6 heteroatoms. The predicted molar refractivity (Wildman–Crippen MR) is 77.7 cm³/mol. The molecule has 1 aromatic rings. The minimum absolute atomic E-state index is 0.154. The highest BCUT2D eigenvalue weighted by atomic mass is 35.5. The van der Waals surface area contributed by atoms with Gasteiger partial charge in [-0.3, -0.25) is 14.4 Å². The number of halogens is 1. The zero-order valence-corrected chi connectivity index (χ0v) is 13.1. The maximum Gasteiger partial charge on any atom is 0.323 e. The normalized spacial score (nSPS) is 20.1. The van der Waals surface area contributed by atoms with Gasteiger partial charge in [0.25, 0.3) is 0 Å². The van der Waals surface area contributed by atoms with Crippen molar-refractivity contribution in [1.82, 2.24) is 14.7 Å². The van der Waals surface area contributed by atoms with Crippen molar-refractivity contribution in [3.05, 3.63) is 16.4 Å². The minimum atomic E-state index is -0.162. The summed E-state index contributed by atoms with van der Waals surface area (Å²) in [5, 5.41) is 5.15. The standard InChI is InChI=1S/C14H22ClN3O2/c1-4-10-13(15)12(17(2)16-10)9-18-8-6-5-7-11(18)14(19)20-3/h11H,4-9H2,1-3H3/t11-/m1/s1. The van der Waals surface area contributed by atoms with Crippen LogP contribution in [0.15, 0.2) is 0 Å². The van der Waals surface area contributed by atoms with Gasteiger partial charge in [0.15, 0.2) is 0 Å². The van der Waals surface area contributed by atoms with Crippen LogP contribution >= 0.6 is 11.6 Å². The Morgan fingerprint density at radius 3 is 2.85 bits per heavy atom. The summed E-state index contributed by atoms with van der Waals surface area (Å²) in [5.74, 6) is -0.154. The molecule has 112 valence electrons. The van der Waals surface area contributed by atoms with Crippen LogP contribution in [0, 0.1) is 0 Å². The number of hydrogen-bond donors (Lipinski definition) is 0. The number of esters is 1. The van der Waals surface area contributed by atoms with E-state index in [1.807, 2.05) is 18.7 Å². The molecule has 2 rings (SSSR count). The van der Waals surface area contributed by atoms with Crippen molar-refractivity contribution in [3.8, 4) is 0 Å². The highest BCUT2D eigenvalue weighted by Gasteiger charge is 2.30. The van der Waals surface area contributed by atoms with Crippen molar-refractivity contribution in [3.63, 3.8) is 0 Å². The predicted octanol–water partition coefficient (Wildman–Crippen LogP) is 2.16. The summed E-state index contributed by atoms with van der Waals surface area (Å²) in [6.45, 7) is 3.57. The van der Waals surface area contributed by atoms with E-state index >= 15 is 0 Å². The van der Waals surface area contributed by atoms with Crippen LogP contribution in [0.25, 0.3) is 0 Å². The van der Waals surface area contributed by atoms with Crippen LogP contribution in [0.2, 0.25) is 5.02 Å². The molecule has 0 unspecified atom stereocenters. The Morgan fingerprint density at radius 2 is 2.25 bits per heavy atom. The smallest absolute Gasteiger partial charge is 0.323 e. The van der Waals surface area contributed by atoms with Crippen LogP contribution in [-0.4, -0.2) is 40.3 Å². The zero-order chi connectivity index (χ0) is 14.7. The van der Waals surface area contributed by atoms with E-state index in [1.54, 1.807) is 0 Å². The fourth-order valence-electron chi connectivity index (χ4n) is 2.77. The van der Waals surface area contributed by atoms with Crippen molar-refractivity contribution in [2.75, 3.05) is 13.7 Å². The van der Waals surface area contributed by atoms with Gasteiger partial charge in [-0.15, -0.1) is 0 Å². The molecule has 0 bridgehead atoms. The number of carbonyl (C=O) groups excluding carboxylic acids is 1. The molecule has 1 aromatic heterocycles. The van der Waals surface area contributed by atoms with Gasteiger partial charge in [-0.25, -0.2) is 0 Å². The lowest BCUT2D eigenvalue weighted by molar-refractivity contribution is -0.148. The minimum Gasteiger partial charge on any atom is -0.468 e. The Hall–Kier alpha value is -1.07. The van der Waals surface area contributed by atoms with Gasteiger partial charge in [-0.1, -0.05) is 24.9 Å². The van der Waals surface area contributed by atoms with Gasteiger partial charge in [0.05, 0.1) is 23.5 Å². The van der Waals surface area contributed by atoms with E-state index in [2.05, 4.69) is 10.00 Å². The lowest BCUT2D eigenvalue weighted by Crippen LogP contribution is -2.45. The van der Waals surface area contributed by atoms with Crippen LogP contribution in [0.3, 0.4) is 0 Å². The van der Waals surface area contributed by atoms with Gasteiger partial charge in [0.2, 0.25) is 0 Å². The first kappa shape index (κ1) is 15.3. The van der Waals surface area contributed by atoms with Crippen molar-refractivity contribution < 1.29 is 9.53 Å². The first-order valence-corrected chi connectivity index (χ1v) is 7.48. The molecular weight excluding hydrogens is 278 g/mol. The number of nitrogens with zero attached hydrogens (tertiary/aromatic N) is 3. The average Bonchev–Trinajstić information content (AvgIpc) is 2.74. The zero-order valence-electron chi connectivity index (χ0n) is 12.4. The molecule has 0 aliphatic carbocycles. The van der Waals surface area contributed by atoms with E-state index in [1.165, 1.54) is 7.11 Å². The van der Waals surface area contributed by atoms with E-state index in [0.717, 1.165) is 48.6 Å². The molecule has 5 nitrogen and oxygen atoms in total. The van der Waals surface area contributed by atoms with Crippen LogP contribution in [-0.2, 0) is 29.5 Å². The Balaban J connectivity index is 2.18. The van der Waals surface area contributed by atoms with Gasteiger partial charge in [-0.2, -0.15) is 5.10 Å². The number of piperidine rings is 1. The molecule has 1 fully saturated rings. The van der Waals surface area contributed by atoms with E-state index in [9.17, 15) is 4.79 Å². The topological polar surface area (TPSA) is 47.4 Å². The first-order valence-electron chi connectivity index (χ1n) is 7.10. The second-order valence-corrected chi connectivity index (χ2v) is 5.57. The van der Waals surface area contributed by atoms with Crippen LogP contribution in [0.4, 0.5) is 0 Å². The maximum atomic E-state index is 11.9. The third kappa shape index (κ3) is 2.99. The number of methoxy groups -OCH3 is 1. The third-order valence-electron chi connectivity index (χ3n) is 3.94. The molecule has 0 amide bonds. The van der Waals surface area contributed by atoms with Crippen LogP contribution in [0.1, 0.15) is 37.6 Å². The van der Waals surface area contributed by atoms with Gasteiger partial charge in [-0.05, 0) is 25.8 Å². The number of ether oxygens (including phenoxy) is 1. The lowest BCUT2D eigenvalue weighted by Gasteiger charge is -2.33. The van der Waals surface area contributed by atoms with Gasteiger partial charge in [0, 0.05) is 13.6 Å². The molecule has 0 radical (unpaired) electrons. The highest BCUT2D eigenvalue weighted by Crippen LogP contribution is 2.26. The SMILES string of the molecule is CCc1nn(C)c(CN2CCCC[C@@H]2C(=O)OC)c1Cl. The summed E-state index contributed by atoms with van der Waals surface area (Å²) < 4.78 is 6.73. The first-order chi connectivity index (χ1) is 9.58. The summed E-state index contributed by atoms with van der Waals surface area (Å²) in [7, 11) is 3.35. The number of aromatic nitrogens is 2. The van der Waals surface area contributed by atoms with Gasteiger partial charge >= 0.3 is 5.97 Å². The number of rotatable bonds is 4. The number of carbonyl (C=O) groups is 1. The maximum absolute atomic E-state index is 11.9. The van der Waals surface area contributed by atoms with E-state index < -0.39 is 0 Å². The fraction of sp³-hybridized carbons (Fsp3) is 0.714. The summed E-state index contributed by atoms with van der Waals surface area (Å²) in [5.41, 5.74) is 1.88. The Labute approximate surface area is 124 Å². The third-order valence-corrected chi connectivity index (χ3v) is 4.38. The van der Waals surface area contributed by atoms with Crippen LogP contribution in [0.5, 0.6) is 0 Å². The molecule has 1 aliphatic rings. The molecule has 20 heavy (non-hydrogen) atoms. The van der Waals surface area contributed by atoms with Crippen molar-refractivity contribution in [1.29, 1.82) is 0 Å². The summed E-state index contributed by atoms with van der Waals surface area (Å²) in [6.07, 6.45) is 3.83. The summed E-state index contributed by atoms with van der Waals surface area (Å²) >= 11 is 6.38. The largest absolute Gasteiger partial charge is 0.468 e. The highest BCUT2D eigenvalue weighted by molar-refractivity contribution is 6.31. The average molecular weight is 300 g/mol. The fourth-order valence-corrected chi connectivity index (χ4v) is 3.12. The van der Waals surface area contributed by atoms with Crippen molar-refractivity contribution >= 4 is 17.6 Å². The number of hydrogen-bond acceptors (Lipinski definition) is 4. The molecule has 0 spiro atoms. The van der Waals surface area contributed by atoms with Crippen molar-refractivity contribution in [2.45, 2.75) is 45.2 Å². The summed E-state index contributed by atoms with van der Waals surface area (Å²) in [6, 6.07) is -0.162. The van der Waals surface area contributed by atoms with E-state index in [-0.39, 0.29) is 12.0 Å². The number of aryl methyl sites for hydroxylation is 2. The van der Waals surface area contributed by atoms with Gasteiger partial charge < -0.3 is 4.74 Å². The van der Waals surface area contributed by atoms with Crippen molar-refractivity contribution in [2.24, 2.45) is 7.05 Å². The molecule has 0 N–H and O–H groups in total. The second-order valence-electron chi connectivity index (χ2n) is 5.19. The van der Waals surface area contributed by atoms with Gasteiger partial charge in [0.1, 0.15) is 6.04 Å². The Kier molecular flexibility index (Phi) is 5.05.